The van der Waals surface area contributed by atoms with Crippen molar-refractivity contribution in [3.05, 3.63) is 23.2 Å². The fourth-order valence-corrected chi connectivity index (χ4v) is 3.63. The predicted molar refractivity (Wildman–Crippen MR) is 89.5 cm³/mol. The van der Waals surface area contributed by atoms with Crippen LogP contribution in [0.15, 0.2) is 18.2 Å². The van der Waals surface area contributed by atoms with E-state index in [1.54, 1.807) is 18.2 Å². The molecule has 2 rings (SSSR count). The zero-order valence-corrected chi connectivity index (χ0v) is 14.3. The van der Waals surface area contributed by atoms with Gasteiger partial charge in [0.1, 0.15) is 0 Å². The third-order valence-electron chi connectivity index (χ3n) is 4.32. The van der Waals surface area contributed by atoms with Crippen molar-refractivity contribution in [2.24, 2.45) is 11.8 Å². The Bertz CT molecular complexity index is 604. The first-order valence-corrected chi connectivity index (χ1v) is 9.57. The molecule has 1 saturated carbocycles. The van der Waals surface area contributed by atoms with Crippen LogP contribution in [-0.2, 0) is 10.0 Å². The number of sulfonamides is 1. The van der Waals surface area contributed by atoms with Gasteiger partial charge < -0.3 is 5.32 Å². The summed E-state index contributed by atoms with van der Waals surface area (Å²) in [5.74, 6) is 1.26. The number of benzene rings is 1. The predicted octanol–water partition coefficient (Wildman–Crippen LogP) is 3.95. The fraction of sp³-hybridized carbons (Fsp3) is 0.600. The van der Waals surface area contributed by atoms with Gasteiger partial charge in [0.2, 0.25) is 10.0 Å². The van der Waals surface area contributed by atoms with Crippen molar-refractivity contribution in [2.75, 3.05) is 16.3 Å². The van der Waals surface area contributed by atoms with Crippen molar-refractivity contribution in [3.63, 3.8) is 0 Å². The molecule has 118 valence electrons. The largest absolute Gasteiger partial charge is 0.381 e. The zero-order valence-electron chi connectivity index (χ0n) is 12.7. The molecule has 3 unspecified atom stereocenters. The standard InChI is InChI=1S/C15H23ClN2O2S/c1-10-5-4-6-14(11(10)2)17-15-9-12(7-8-13(15)16)18-21(3,19)20/h7-11,14,17-18H,4-6H2,1-3H3. The van der Waals surface area contributed by atoms with Crippen molar-refractivity contribution < 1.29 is 8.42 Å². The first kappa shape index (κ1) is 16.4. The summed E-state index contributed by atoms with van der Waals surface area (Å²) in [4.78, 5) is 0. The molecule has 3 atom stereocenters. The summed E-state index contributed by atoms with van der Waals surface area (Å²) in [6, 6.07) is 5.52. The van der Waals surface area contributed by atoms with Gasteiger partial charge in [-0.05, 0) is 36.5 Å². The molecular weight excluding hydrogens is 308 g/mol. The SMILES string of the molecule is CC1CCCC(Nc2cc(NS(C)(=O)=O)ccc2Cl)C1C. The first-order valence-electron chi connectivity index (χ1n) is 7.30. The molecule has 1 aromatic carbocycles. The van der Waals surface area contributed by atoms with E-state index in [0.717, 1.165) is 18.4 Å². The number of halogens is 1. The fourth-order valence-electron chi connectivity index (χ4n) is 2.90. The van der Waals surface area contributed by atoms with Crippen LogP contribution in [0, 0.1) is 11.8 Å². The number of hydrogen-bond acceptors (Lipinski definition) is 3. The van der Waals surface area contributed by atoms with E-state index >= 15 is 0 Å². The van der Waals surface area contributed by atoms with Crippen molar-refractivity contribution in [3.8, 4) is 0 Å². The lowest BCUT2D eigenvalue weighted by molar-refractivity contribution is 0.253. The average Bonchev–Trinajstić information content (AvgIpc) is 2.37. The molecule has 0 spiro atoms. The molecule has 0 saturated heterocycles. The minimum absolute atomic E-state index is 0.375. The van der Waals surface area contributed by atoms with Gasteiger partial charge in [-0.3, -0.25) is 4.72 Å². The van der Waals surface area contributed by atoms with Crippen LogP contribution in [0.5, 0.6) is 0 Å². The maximum absolute atomic E-state index is 11.3. The highest BCUT2D eigenvalue weighted by Gasteiger charge is 2.27. The maximum atomic E-state index is 11.3. The molecule has 0 aliphatic heterocycles. The topological polar surface area (TPSA) is 58.2 Å². The van der Waals surface area contributed by atoms with Gasteiger partial charge in [-0.2, -0.15) is 0 Å². The number of nitrogens with one attached hydrogen (secondary N) is 2. The Hall–Kier alpha value is -0.940. The lowest BCUT2D eigenvalue weighted by Crippen LogP contribution is -2.35. The monoisotopic (exact) mass is 330 g/mol. The van der Waals surface area contributed by atoms with Gasteiger partial charge in [0.25, 0.3) is 0 Å². The third-order valence-corrected chi connectivity index (χ3v) is 5.25. The molecule has 1 fully saturated rings. The second-order valence-electron chi connectivity index (χ2n) is 6.09. The minimum Gasteiger partial charge on any atom is -0.381 e. The normalized spacial score (nSPS) is 26.4. The maximum Gasteiger partial charge on any atom is 0.229 e. The van der Waals surface area contributed by atoms with Gasteiger partial charge in [-0.25, -0.2) is 8.42 Å². The summed E-state index contributed by atoms with van der Waals surface area (Å²) in [5.41, 5.74) is 1.32. The van der Waals surface area contributed by atoms with Crippen LogP contribution in [0.3, 0.4) is 0 Å². The van der Waals surface area contributed by atoms with Gasteiger partial charge in [-0.1, -0.05) is 38.3 Å². The van der Waals surface area contributed by atoms with Crippen LogP contribution in [-0.4, -0.2) is 20.7 Å². The minimum atomic E-state index is -3.28. The Balaban J connectivity index is 2.17. The van der Waals surface area contributed by atoms with Crippen molar-refractivity contribution >= 4 is 33.0 Å². The van der Waals surface area contributed by atoms with E-state index in [0.29, 0.717) is 28.6 Å². The highest BCUT2D eigenvalue weighted by Crippen LogP contribution is 2.34. The lowest BCUT2D eigenvalue weighted by Gasteiger charge is -2.35. The van der Waals surface area contributed by atoms with Gasteiger partial charge in [0.15, 0.2) is 0 Å². The molecule has 0 aromatic heterocycles. The lowest BCUT2D eigenvalue weighted by atomic mass is 9.78. The van der Waals surface area contributed by atoms with Crippen LogP contribution in [0.2, 0.25) is 5.02 Å². The van der Waals surface area contributed by atoms with E-state index in [4.69, 9.17) is 11.6 Å². The summed E-state index contributed by atoms with van der Waals surface area (Å²) < 4.78 is 25.1. The van der Waals surface area contributed by atoms with Gasteiger partial charge in [0.05, 0.1) is 22.7 Å². The molecule has 2 N–H and O–H groups in total. The van der Waals surface area contributed by atoms with Crippen LogP contribution < -0.4 is 10.0 Å². The molecule has 6 heteroatoms. The average molecular weight is 331 g/mol. The number of rotatable bonds is 4. The quantitative estimate of drug-likeness (QED) is 0.878. The van der Waals surface area contributed by atoms with E-state index in [1.165, 1.54) is 12.8 Å². The molecule has 0 bridgehead atoms. The summed E-state index contributed by atoms with van der Waals surface area (Å²) >= 11 is 6.23. The highest BCUT2D eigenvalue weighted by atomic mass is 35.5. The second kappa shape index (κ2) is 6.44. The molecular formula is C15H23ClN2O2S. The van der Waals surface area contributed by atoms with E-state index in [-0.39, 0.29) is 0 Å². The Morgan fingerprint density at radius 2 is 1.95 bits per heavy atom. The summed E-state index contributed by atoms with van der Waals surface area (Å²) in [6.07, 6.45) is 4.73. The van der Waals surface area contributed by atoms with Crippen LogP contribution in [0.4, 0.5) is 11.4 Å². The van der Waals surface area contributed by atoms with Gasteiger partial charge >= 0.3 is 0 Å². The van der Waals surface area contributed by atoms with Crippen LogP contribution in [0.25, 0.3) is 0 Å². The molecule has 0 radical (unpaired) electrons. The molecule has 1 aliphatic carbocycles. The highest BCUT2D eigenvalue weighted by molar-refractivity contribution is 7.92. The van der Waals surface area contributed by atoms with Crippen molar-refractivity contribution in [2.45, 2.75) is 39.2 Å². The van der Waals surface area contributed by atoms with Gasteiger partial charge in [-0.15, -0.1) is 0 Å². The number of hydrogen-bond donors (Lipinski definition) is 2. The van der Waals surface area contributed by atoms with Crippen LogP contribution in [0.1, 0.15) is 33.1 Å². The van der Waals surface area contributed by atoms with Crippen molar-refractivity contribution in [1.82, 2.24) is 0 Å². The smallest absolute Gasteiger partial charge is 0.229 e. The van der Waals surface area contributed by atoms with Crippen molar-refractivity contribution in [1.29, 1.82) is 0 Å². The molecule has 21 heavy (non-hydrogen) atoms. The molecule has 0 amide bonds. The molecule has 0 heterocycles. The summed E-state index contributed by atoms with van der Waals surface area (Å²) in [7, 11) is -3.28. The number of anilines is 2. The van der Waals surface area contributed by atoms with Gasteiger partial charge in [0, 0.05) is 6.04 Å². The Labute approximate surface area is 132 Å². The Morgan fingerprint density at radius 3 is 2.62 bits per heavy atom. The summed E-state index contributed by atoms with van der Waals surface area (Å²) in [5, 5.41) is 4.10. The van der Waals surface area contributed by atoms with E-state index in [9.17, 15) is 8.42 Å². The van der Waals surface area contributed by atoms with Crippen LogP contribution >= 0.6 is 11.6 Å². The molecule has 1 aromatic rings. The van der Waals surface area contributed by atoms with E-state index in [2.05, 4.69) is 23.9 Å². The van der Waals surface area contributed by atoms with E-state index in [1.807, 2.05) is 0 Å². The third kappa shape index (κ3) is 4.51. The summed E-state index contributed by atoms with van der Waals surface area (Å²) in [6.45, 7) is 4.54. The molecule has 1 aliphatic rings. The second-order valence-corrected chi connectivity index (χ2v) is 8.24. The molecule has 4 nitrogen and oxygen atoms in total. The Morgan fingerprint density at radius 1 is 1.24 bits per heavy atom. The Kier molecular flexibility index (Phi) is 5.04. The first-order chi connectivity index (χ1) is 9.76. The zero-order chi connectivity index (χ0) is 15.6. The van der Waals surface area contributed by atoms with E-state index < -0.39 is 10.0 Å².